The molecule has 0 radical (unpaired) electrons. The Labute approximate surface area is 146 Å². The summed E-state index contributed by atoms with van der Waals surface area (Å²) < 4.78 is 13.8. The summed E-state index contributed by atoms with van der Waals surface area (Å²) in [5, 5.41) is 0.823. The molecule has 0 N–H and O–H groups in total. The SMILES string of the molecule is O=CC1CCN(c2cc(-c3ccccc3)nc3ccc(F)cc23)CC1. The van der Waals surface area contributed by atoms with Crippen LogP contribution in [-0.2, 0) is 4.79 Å². The summed E-state index contributed by atoms with van der Waals surface area (Å²) in [6, 6.07) is 16.8. The highest BCUT2D eigenvalue weighted by molar-refractivity contribution is 5.94. The van der Waals surface area contributed by atoms with Crippen molar-refractivity contribution < 1.29 is 9.18 Å². The number of rotatable bonds is 3. The average Bonchev–Trinajstić information content (AvgIpc) is 2.68. The first-order valence-electron chi connectivity index (χ1n) is 8.60. The molecule has 0 atom stereocenters. The molecule has 1 aliphatic rings. The second kappa shape index (κ2) is 6.63. The monoisotopic (exact) mass is 334 g/mol. The van der Waals surface area contributed by atoms with Crippen LogP contribution in [-0.4, -0.2) is 24.4 Å². The molecule has 2 heterocycles. The summed E-state index contributed by atoms with van der Waals surface area (Å²) in [5.74, 6) is -0.125. The number of hydrogen-bond acceptors (Lipinski definition) is 3. The second-order valence-electron chi connectivity index (χ2n) is 6.51. The highest BCUT2D eigenvalue weighted by Crippen LogP contribution is 2.33. The zero-order chi connectivity index (χ0) is 17.2. The van der Waals surface area contributed by atoms with E-state index in [-0.39, 0.29) is 11.7 Å². The zero-order valence-electron chi connectivity index (χ0n) is 13.9. The van der Waals surface area contributed by atoms with Crippen LogP contribution >= 0.6 is 0 Å². The molecule has 126 valence electrons. The fourth-order valence-corrected chi connectivity index (χ4v) is 3.48. The molecule has 0 unspecified atom stereocenters. The zero-order valence-corrected chi connectivity index (χ0v) is 13.9. The van der Waals surface area contributed by atoms with E-state index in [1.54, 1.807) is 12.1 Å². The Morgan fingerprint density at radius 3 is 2.52 bits per heavy atom. The van der Waals surface area contributed by atoms with E-state index in [0.29, 0.717) is 0 Å². The lowest BCUT2D eigenvalue weighted by molar-refractivity contribution is -0.111. The van der Waals surface area contributed by atoms with Crippen LogP contribution < -0.4 is 4.90 Å². The maximum Gasteiger partial charge on any atom is 0.124 e. The van der Waals surface area contributed by atoms with Crippen LogP contribution in [0.1, 0.15) is 12.8 Å². The number of carbonyl (C=O) groups is 1. The van der Waals surface area contributed by atoms with Crippen LogP contribution in [0.3, 0.4) is 0 Å². The van der Waals surface area contributed by atoms with Gasteiger partial charge in [-0.2, -0.15) is 0 Å². The molecule has 3 nitrogen and oxygen atoms in total. The number of aromatic nitrogens is 1. The Hall–Kier alpha value is -2.75. The lowest BCUT2D eigenvalue weighted by atomic mass is 9.97. The molecular formula is C21H19FN2O. The number of aldehydes is 1. The first kappa shape index (κ1) is 15.8. The predicted molar refractivity (Wildman–Crippen MR) is 98.1 cm³/mol. The molecular weight excluding hydrogens is 315 g/mol. The number of halogens is 1. The molecule has 25 heavy (non-hydrogen) atoms. The van der Waals surface area contributed by atoms with E-state index >= 15 is 0 Å². The minimum Gasteiger partial charge on any atom is -0.371 e. The Morgan fingerprint density at radius 2 is 1.80 bits per heavy atom. The largest absolute Gasteiger partial charge is 0.371 e. The molecule has 4 rings (SSSR count). The Balaban J connectivity index is 1.83. The van der Waals surface area contributed by atoms with Crippen molar-refractivity contribution in [1.29, 1.82) is 0 Å². The number of carbonyl (C=O) groups excluding carboxylic acids is 1. The molecule has 0 bridgehead atoms. The lowest BCUT2D eigenvalue weighted by Crippen LogP contribution is -2.34. The van der Waals surface area contributed by atoms with E-state index in [4.69, 9.17) is 4.98 Å². The van der Waals surface area contributed by atoms with Crippen molar-refractivity contribution in [3.8, 4) is 11.3 Å². The van der Waals surface area contributed by atoms with Crippen molar-refractivity contribution in [1.82, 2.24) is 4.98 Å². The maximum atomic E-state index is 13.8. The summed E-state index contributed by atoms with van der Waals surface area (Å²) in [7, 11) is 0. The quantitative estimate of drug-likeness (QED) is 0.663. The number of benzene rings is 2. The molecule has 0 aliphatic carbocycles. The first-order valence-corrected chi connectivity index (χ1v) is 8.60. The third kappa shape index (κ3) is 3.12. The van der Waals surface area contributed by atoms with Gasteiger partial charge >= 0.3 is 0 Å². The minimum atomic E-state index is -0.259. The minimum absolute atomic E-state index is 0.134. The van der Waals surface area contributed by atoms with E-state index in [1.165, 1.54) is 6.07 Å². The van der Waals surface area contributed by atoms with Crippen LogP contribution in [0.4, 0.5) is 10.1 Å². The highest BCUT2D eigenvalue weighted by atomic mass is 19.1. The van der Waals surface area contributed by atoms with Crippen LogP contribution in [0.15, 0.2) is 54.6 Å². The van der Waals surface area contributed by atoms with Crippen LogP contribution in [0.2, 0.25) is 0 Å². The Bertz CT molecular complexity index is 902. The fraction of sp³-hybridized carbons (Fsp3) is 0.238. The van der Waals surface area contributed by atoms with Gasteiger partial charge in [0, 0.05) is 35.6 Å². The fourth-order valence-electron chi connectivity index (χ4n) is 3.48. The molecule has 0 spiro atoms. The van der Waals surface area contributed by atoms with E-state index in [9.17, 15) is 9.18 Å². The van der Waals surface area contributed by atoms with Gasteiger partial charge < -0.3 is 9.69 Å². The first-order chi connectivity index (χ1) is 12.2. The molecule has 2 aromatic carbocycles. The standard InChI is InChI=1S/C21H19FN2O/c22-17-6-7-19-18(12-17)21(24-10-8-15(14-25)9-11-24)13-20(23-19)16-4-2-1-3-5-16/h1-7,12-15H,8-11H2. The van der Waals surface area contributed by atoms with Gasteiger partial charge in [0.1, 0.15) is 12.1 Å². The number of hydrogen-bond donors (Lipinski definition) is 0. The van der Waals surface area contributed by atoms with Crippen molar-refractivity contribution in [2.24, 2.45) is 5.92 Å². The molecule has 1 fully saturated rings. The van der Waals surface area contributed by atoms with Gasteiger partial charge in [-0.15, -0.1) is 0 Å². The Morgan fingerprint density at radius 1 is 1.04 bits per heavy atom. The van der Waals surface area contributed by atoms with E-state index in [0.717, 1.165) is 60.1 Å². The van der Waals surface area contributed by atoms with Crippen molar-refractivity contribution in [2.75, 3.05) is 18.0 Å². The lowest BCUT2D eigenvalue weighted by Gasteiger charge is -2.32. The van der Waals surface area contributed by atoms with Gasteiger partial charge in [-0.05, 0) is 37.1 Å². The second-order valence-corrected chi connectivity index (χ2v) is 6.51. The van der Waals surface area contributed by atoms with E-state index in [2.05, 4.69) is 4.90 Å². The summed E-state index contributed by atoms with van der Waals surface area (Å²) in [5.41, 5.74) is 3.70. The van der Waals surface area contributed by atoms with Gasteiger partial charge in [0.15, 0.2) is 0 Å². The smallest absolute Gasteiger partial charge is 0.124 e. The van der Waals surface area contributed by atoms with Crippen molar-refractivity contribution in [3.63, 3.8) is 0 Å². The van der Waals surface area contributed by atoms with E-state index < -0.39 is 0 Å². The highest BCUT2D eigenvalue weighted by Gasteiger charge is 2.21. The van der Waals surface area contributed by atoms with Gasteiger partial charge in [-0.1, -0.05) is 30.3 Å². The summed E-state index contributed by atoms with van der Waals surface area (Å²) in [6.45, 7) is 1.60. The maximum absolute atomic E-state index is 13.8. The average molecular weight is 334 g/mol. The van der Waals surface area contributed by atoms with Gasteiger partial charge in [0.2, 0.25) is 0 Å². The van der Waals surface area contributed by atoms with E-state index in [1.807, 2.05) is 36.4 Å². The third-order valence-electron chi connectivity index (χ3n) is 4.89. The van der Waals surface area contributed by atoms with Crippen LogP contribution in [0.5, 0.6) is 0 Å². The number of fused-ring (bicyclic) bond motifs is 1. The van der Waals surface area contributed by atoms with Gasteiger partial charge in [-0.25, -0.2) is 9.37 Å². The summed E-state index contributed by atoms with van der Waals surface area (Å²) in [6.07, 6.45) is 2.73. The van der Waals surface area contributed by atoms with Crippen LogP contribution in [0.25, 0.3) is 22.2 Å². The van der Waals surface area contributed by atoms with Crippen molar-refractivity contribution >= 4 is 22.9 Å². The normalized spacial score (nSPS) is 15.5. The van der Waals surface area contributed by atoms with Crippen molar-refractivity contribution in [3.05, 3.63) is 60.4 Å². The van der Waals surface area contributed by atoms with Crippen molar-refractivity contribution in [2.45, 2.75) is 12.8 Å². The summed E-state index contributed by atoms with van der Waals surface area (Å²) in [4.78, 5) is 18.0. The van der Waals surface area contributed by atoms with Gasteiger partial charge in [-0.3, -0.25) is 0 Å². The molecule has 3 aromatic rings. The Kier molecular flexibility index (Phi) is 4.18. The number of nitrogens with zero attached hydrogens (tertiary/aromatic N) is 2. The molecule has 1 saturated heterocycles. The molecule has 0 saturated carbocycles. The molecule has 1 aliphatic heterocycles. The number of anilines is 1. The van der Waals surface area contributed by atoms with Crippen LogP contribution in [0, 0.1) is 11.7 Å². The molecule has 4 heteroatoms. The topological polar surface area (TPSA) is 33.2 Å². The molecule has 1 aromatic heterocycles. The predicted octanol–water partition coefficient (Wildman–Crippen LogP) is 4.46. The number of piperidine rings is 1. The molecule has 0 amide bonds. The third-order valence-corrected chi connectivity index (χ3v) is 4.89. The van der Waals surface area contributed by atoms with Gasteiger partial charge in [0.25, 0.3) is 0 Å². The number of pyridine rings is 1. The van der Waals surface area contributed by atoms with Gasteiger partial charge in [0.05, 0.1) is 11.2 Å². The summed E-state index contributed by atoms with van der Waals surface area (Å²) >= 11 is 0.